The van der Waals surface area contributed by atoms with Crippen LogP contribution in [0.5, 0.6) is 11.5 Å². The van der Waals surface area contributed by atoms with Gasteiger partial charge < -0.3 is 19.7 Å². The van der Waals surface area contributed by atoms with Crippen molar-refractivity contribution in [3.05, 3.63) is 18.2 Å². The number of hydrogen-bond donors (Lipinski definition) is 1. The van der Waals surface area contributed by atoms with E-state index in [1.807, 2.05) is 0 Å². The Morgan fingerprint density at radius 1 is 1.17 bits per heavy atom. The zero-order valence-corrected chi connectivity index (χ0v) is 14.6. The first-order valence-corrected chi connectivity index (χ1v) is 8.40. The fourth-order valence-corrected chi connectivity index (χ4v) is 2.42. The van der Waals surface area contributed by atoms with Crippen LogP contribution in [0.25, 0.3) is 0 Å². The van der Waals surface area contributed by atoms with Crippen molar-refractivity contribution >= 4 is 17.5 Å². The van der Waals surface area contributed by atoms with Gasteiger partial charge in [0.25, 0.3) is 0 Å². The summed E-state index contributed by atoms with van der Waals surface area (Å²) in [7, 11) is 0. The number of nitrogens with zero attached hydrogens (tertiary/aromatic N) is 1. The molecule has 2 rings (SSSR count). The van der Waals surface area contributed by atoms with Crippen LogP contribution in [0.2, 0.25) is 0 Å². The van der Waals surface area contributed by atoms with Crippen LogP contribution in [-0.2, 0) is 9.59 Å². The SMILES string of the molecule is CC(=O)N(CCC(=O)Nc1ccc2c(c1)OCCO2)CCC(C)C. The molecule has 0 bridgehead atoms. The number of benzene rings is 1. The lowest BCUT2D eigenvalue weighted by Gasteiger charge is -2.22. The molecule has 0 saturated carbocycles. The maximum absolute atomic E-state index is 12.1. The van der Waals surface area contributed by atoms with Crippen molar-refractivity contribution in [1.29, 1.82) is 0 Å². The summed E-state index contributed by atoms with van der Waals surface area (Å²) in [6.45, 7) is 7.94. The van der Waals surface area contributed by atoms with Crippen LogP contribution in [0.1, 0.15) is 33.6 Å². The minimum atomic E-state index is -0.123. The van der Waals surface area contributed by atoms with Gasteiger partial charge in [0, 0.05) is 38.2 Å². The second-order valence-electron chi connectivity index (χ2n) is 6.35. The van der Waals surface area contributed by atoms with Crippen LogP contribution in [0.4, 0.5) is 5.69 Å². The summed E-state index contributed by atoms with van der Waals surface area (Å²) in [4.78, 5) is 25.5. The highest BCUT2D eigenvalue weighted by Gasteiger charge is 2.14. The van der Waals surface area contributed by atoms with Gasteiger partial charge in [-0.1, -0.05) is 13.8 Å². The van der Waals surface area contributed by atoms with Gasteiger partial charge >= 0.3 is 0 Å². The quantitative estimate of drug-likeness (QED) is 0.832. The van der Waals surface area contributed by atoms with E-state index in [9.17, 15) is 9.59 Å². The zero-order valence-electron chi connectivity index (χ0n) is 14.6. The lowest BCUT2D eigenvalue weighted by molar-refractivity contribution is -0.129. The van der Waals surface area contributed by atoms with Crippen molar-refractivity contribution in [1.82, 2.24) is 4.90 Å². The van der Waals surface area contributed by atoms with E-state index in [0.29, 0.717) is 49.4 Å². The van der Waals surface area contributed by atoms with Gasteiger partial charge in [0.15, 0.2) is 11.5 Å². The van der Waals surface area contributed by atoms with E-state index in [4.69, 9.17) is 9.47 Å². The van der Waals surface area contributed by atoms with Crippen LogP contribution >= 0.6 is 0 Å². The topological polar surface area (TPSA) is 67.9 Å². The van der Waals surface area contributed by atoms with Gasteiger partial charge in [0.05, 0.1) is 0 Å². The molecular formula is C18H26N2O4. The first-order valence-electron chi connectivity index (χ1n) is 8.40. The van der Waals surface area contributed by atoms with Gasteiger partial charge in [-0.05, 0) is 24.5 Å². The molecule has 6 heteroatoms. The average molecular weight is 334 g/mol. The molecule has 1 aromatic rings. The third-order valence-electron chi connectivity index (χ3n) is 3.86. The second kappa shape index (κ2) is 8.57. The van der Waals surface area contributed by atoms with Gasteiger partial charge in [-0.25, -0.2) is 0 Å². The molecule has 24 heavy (non-hydrogen) atoms. The molecule has 132 valence electrons. The molecule has 1 aromatic carbocycles. The fourth-order valence-electron chi connectivity index (χ4n) is 2.42. The lowest BCUT2D eigenvalue weighted by Crippen LogP contribution is -2.33. The average Bonchev–Trinajstić information content (AvgIpc) is 2.54. The molecule has 0 fully saturated rings. The number of ether oxygens (including phenoxy) is 2. The number of carbonyl (C=O) groups excluding carboxylic acids is 2. The van der Waals surface area contributed by atoms with E-state index in [-0.39, 0.29) is 18.2 Å². The first kappa shape index (κ1) is 18.1. The smallest absolute Gasteiger partial charge is 0.226 e. The molecule has 0 atom stereocenters. The van der Waals surface area contributed by atoms with E-state index in [0.717, 1.165) is 6.42 Å². The summed E-state index contributed by atoms with van der Waals surface area (Å²) in [6, 6.07) is 5.33. The number of rotatable bonds is 7. The van der Waals surface area contributed by atoms with Gasteiger partial charge in [0.1, 0.15) is 13.2 Å². The van der Waals surface area contributed by atoms with Gasteiger partial charge in [0.2, 0.25) is 11.8 Å². The summed E-state index contributed by atoms with van der Waals surface area (Å²) in [6.07, 6.45) is 1.20. The third-order valence-corrected chi connectivity index (χ3v) is 3.86. The third kappa shape index (κ3) is 5.44. The van der Waals surface area contributed by atoms with Crippen molar-refractivity contribution in [2.24, 2.45) is 5.92 Å². The van der Waals surface area contributed by atoms with E-state index in [1.54, 1.807) is 30.0 Å². The Bertz CT molecular complexity index is 586. The lowest BCUT2D eigenvalue weighted by atomic mass is 10.1. The molecule has 1 aliphatic rings. The molecule has 0 aliphatic carbocycles. The maximum atomic E-state index is 12.1. The predicted molar refractivity (Wildman–Crippen MR) is 92.4 cm³/mol. The first-order chi connectivity index (χ1) is 11.5. The number of amides is 2. The van der Waals surface area contributed by atoms with Crippen molar-refractivity contribution in [2.75, 3.05) is 31.6 Å². The summed E-state index contributed by atoms with van der Waals surface area (Å²) >= 11 is 0. The number of nitrogens with one attached hydrogen (secondary N) is 1. The van der Waals surface area contributed by atoms with Gasteiger partial charge in [-0.15, -0.1) is 0 Å². The van der Waals surface area contributed by atoms with Gasteiger partial charge in [-0.2, -0.15) is 0 Å². The zero-order chi connectivity index (χ0) is 17.5. The molecule has 2 amide bonds. The van der Waals surface area contributed by atoms with Crippen molar-refractivity contribution in [3.63, 3.8) is 0 Å². The van der Waals surface area contributed by atoms with Crippen molar-refractivity contribution < 1.29 is 19.1 Å². The second-order valence-corrected chi connectivity index (χ2v) is 6.35. The molecule has 0 spiro atoms. The summed E-state index contributed by atoms with van der Waals surface area (Å²) in [5.74, 6) is 1.74. The maximum Gasteiger partial charge on any atom is 0.226 e. The van der Waals surface area contributed by atoms with E-state index >= 15 is 0 Å². The molecule has 1 heterocycles. The molecule has 1 N–H and O–H groups in total. The molecule has 0 saturated heterocycles. The highest BCUT2D eigenvalue weighted by molar-refractivity contribution is 5.91. The minimum Gasteiger partial charge on any atom is -0.486 e. The molecule has 0 radical (unpaired) electrons. The van der Waals surface area contributed by atoms with E-state index in [2.05, 4.69) is 19.2 Å². The van der Waals surface area contributed by atoms with Gasteiger partial charge in [-0.3, -0.25) is 9.59 Å². The molecule has 1 aliphatic heterocycles. The Hall–Kier alpha value is -2.24. The van der Waals surface area contributed by atoms with Crippen LogP contribution in [0.3, 0.4) is 0 Å². The van der Waals surface area contributed by atoms with Crippen LogP contribution in [0, 0.1) is 5.92 Å². The summed E-state index contributed by atoms with van der Waals surface area (Å²) in [5, 5.41) is 2.84. The largest absolute Gasteiger partial charge is 0.486 e. The molecule has 0 aromatic heterocycles. The normalized spacial score (nSPS) is 12.8. The Labute approximate surface area is 143 Å². The Balaban J connectivity index is 1.84. The standard InChI is InChI=1S/C18H26N2O4/c1-13(2)6-8-20(14(3)21)9-7-18(22)19-15-4-5-16-17(12-15)24-11-10-23-16/h4-5,12-13H,6-11H2,1-3H3,(H,19,22). The van der Waals surface area contributed by atoms with Crippen LogP contribution in [-0.4, -0.2) is 43.0 Å². The molecule has 6 nitrogen and oxygen atoms in total. The Morgan fingerprint density at radius 2 is 1.88 bits per heavy atom. The highest BCUT2D eigenvalue weighted by Crippen LogP contribution is 2.32. The number of anilines is 1. The fraction of sp³-hybridized carbons (Fsp3) is 0.556. The van der Waals surface area contributed by atoms with Crippen molar-refractivity contribution in [3.8, 4) is 11.5 Å². The molecule has 0 unspecified atom stereocenters. The minimum absolute atomic E-state index is 0.00257. The Morgan fingerprint density at radius 3 is 2.54 bits per heavy atom. The summed E-state index contributed by atoms with van der Waals surface area (Å²) < 4.78 is 11.0. The monoisotopic (exact) mass is 334 g/mol. The predicted octanol–water partition coefficient (Wildman–Crippen LogP) is 2.68. The van der Waals surface area contributed by atoms with Crippen LogP contribution < -0.4 is 14.8 Å². The van der Waals surface area contributed by atoms with E-state index in [1.165, 1.54) is 0 Å². The molecular weight excluding hydrogens is 308 g/mol. The van der Waals surface area contributed by atoms with Crippen molar-refractivity contribution in [2.45, 2.75) is 33.6 Å². The highest BCUT2D eigenvalue weighted by atomic mass is 16.6. The van der Waals surface area contributed by atoms with Crippen LogP contribution in [0.15, 0.2) is 18.2 Å². The number of fused-ring (bicyclic) bond motifs is 1. The number of hydrogen-bond acceptors (Lipinski definition) is 4. The van der Waals surface area contributed by atoms with E-state index < -0.39 is 0 Å². The Kier molecular flexibility index (Phi) is 6.46. The summed E-state index contributed by atoms with van der Waals surface area (Å²) in [5.41, 5.74) is 0.667. The number of carbonyl (C=O) groups is 2.